The summed E-state index contributed by atoms with van der Waals surface area (Å²) in [6.45, 7) is 2.02. The van der Waals surface area contributed by atoms with Crippen LogP contribution >= 0.6 is 0 Å². The van der Waals surface area contributed by atoms with Crippen molar-refractivity contribution in [3.63, 3.8) is 0 Å². The Morgan fingerprint density at radius 3 is 2.57 bits per heavy atom. The van der Waals surface area contributed by atoms with Gasteiger partial charge >= 0.3 is 0 Å². The number of hydrogen-bond acceptors (Lipinski definition) is 2. The molecule has 1 saturated carbocycles. The van der Waals surface area contributed by atoms with E-state index >= 15 is 0 Å². The van der Waals surface area contributed by atoms with Crippen LogP contribution in [0.1, 0.15) is 49.4 Å². The van der Waals surface area contributed by atoms with Crippen molar-refractivity contribution in [2.75, 3.05) is 5.73 Å². The van der Waals surface area contributed by atoms with E-state index in [0.717, 1.165) is 11.4 Å². The van der Waals surface area contributed by atoms with Crippen LogP contribution in [0.3, 0.4) is 0 Å². The van der Waals surface area contributed by atoms with E-state index in [2.05, 4.69) is 4.98 Å². The fourth-order valence-electron chi connectivity index (χ4n) is 2.33. The maximum atomic E-state index is 5.83. The number of aromatic nitrogens is 1. The molecule has 0 radical (unpaired) electrons. The van der Waals surface area contributed by atoms with Crippen LogP contribution in [-0.2, 0) is 0 Å². The lowest BCUT2D eigenvalue weighted by molar-refractivity contribution is 0.436. The zero-order chi connectivity index (χ0) is 9.97. The molecule has 14 heavy (non-hydrogen) atoms. The Morgan fingerprint density at radius 1 is 1.21 bits per heavy atom. The standard InChI is InChI=1S/C12H18N2/c1-9-7-11(13)8-12(14-9)10-5-3-2-4-6-10/h7-8,10H,2-6H2,1H3,(H2,13,14). The summed E-state index contributed by atoms with van der Waals surface area (Å²) in [5, 5.41) is 0. The maximum Gasteiger partial charge on any atom is 0.0458 e. The lowest BCUT2D eigenvalue weighted by atomic mass is 9.86. The molecule has 0 spiro atoms. The van der Waals surface area contributed by atoms with Crippen molar-refractivity contribution in [1.29, 1.82) is 0 Å². The topological polar surface area (TPSA) is 38.9 Å². The van der Waals surface area contributed by atoms with Crippen molar-refractivity contribution < 1.29 is 0 Å². The fourth-order valence-corrected chi connectivity index (χ4v) is 2.33. The second-order valence-corrected chi connectivity index (χ2v) is 4.30. The maximum absolute atomic E-state index is 5.83. The van der Waals surface area contributed by atoms with Gasteiger partial charge in [0.2, 0.25) is 0 Å². The summed E-state index contributed by atoms with van der Waals surface area (Å²) >= 11 is 0. The van der Waals surface area contributed by atoms with Gasteiger partial charge in [0.1, 0.15) is 0 Å². The minimum Gasteiger partial charge on any atom is -0.399 e. The molecule has 1 aliphatic rings. The quantitative estimate of drug-likeness (QED) is 0.739. The van der Waals surface area contributed by atoms with E-state index in [1.807, 2.05) is 19.1 Å². The second kappa shape index (κ2) is 3.99. The number of nitrogens with zero attached hydrogens (tertiary/aromatic N) is 1. The summed E-state index contributed by atoms with van der Waals surface area (Å²) < 4.78 is 0. The van der Waals surface area contributed by atoms with E-state index in [0.29, 0.717) is 5.92 Å². The average Bonchev–Trinajstić information content (AvgIpc) is 2.18. The van der Waals surface area contributed by atoms with Gasteiger partial charge in [0.15, 0.2) is 0 Å². The smallest absolute Gasteiger partial charge is 0.0458 e. The van der Waals surface area contributed by atoms with Crippen molar-refractivity contribution >= 4 is 5.69 Å². The van der Waals surface area contributed by atoms with E-state index in [-0.39, 0.29) is 0 Å². The van der Waals surface area contributed by atoms with Crippen LogP contribution in [0.2, 0.25) is 0 Å². The molecule has 0 saturated heterocycles. The molecule has 1 heterocycles. The average molecular weight is 190 g/mol. The van der Waals surface area contributed by atoms with E-state index in [4.69, 9.17) is 5.73 Å². The minimum absolute atomic E-state index is 0.658. The second-order valence-electron chi connectivity index (χ2n) is 4.30. The lowest BCUT2D eigenvalue weighted by Crippen LogP contribution is -2.07. The Bertz CT molecular complexity index is 294. The fraction of sp³-hybridized carbons (Fsp3) is 0.583. The van der Waals surface area contributed by atoms with Crippen LogP contribution < -0.4 is 5.73 Å². The first kappa shape index (κ1) is 9.50. The van der Waals surface area contributed by atoms with Gasteiger partial charge in [-0.3, -0.25) is 4.98 Å². The highest BCUT2D eigenvalue weighted by atomic mass is 14.7. The Hall–Kier alpha value is -1.05. The van der Waals surface area contributed by atoms with Crippen LogP contribution in [-0.4, -0.2) is 4.98 Å². The zero-order valence-electron chi connectivity index (χ0n) is 8.79. The number of rotatable bonds is 1. The van der Waals surface area contributed by atoms with Gasteiger partial charge in [-0.15, -0.1) is 0 Å². The molecule has 2 rings (SSSR count). The molecule has 0 aliphatic heterocycles. The van der Waals surface area contributed by atoms with Gasteiger partial charge in [-0.05, 0) is 31.9 Å². The van der Waals surface area contributed by atoms with Gasteiger partial charge in [-0.1, -0.05) is 19.3 Å². The number of anilines is 1. The van der Waals surface area contributed by atoms with Crippen LogP contribution in [0.25, 0.3) is 0 Å². The van der Waals surface area contributed by atoms with E-state index in [1.54, 1.807) is 0 Å². The SMILES string of the molecule is Cc1cc(N)cc(C2CCCCC2)n1. The molecule has 0 aromatic carbocycles. The Kier molecular flexibility index (Phi) is 2.71. The summed E-state index contributed by atoms with van der Waals surface area (Å²) in [5.41, 5.74) is 8.94. The molecule has 1 aliphatic carbocycles. The molecule has 2 N–H and O–H groups in total. The third-order valence-corrected chi connectivity index (χ3v) is 3.02. The molecule has 0 bridgehead atoms. The number of hydrogen-bond donors (Lipinski definition) is 1. The number of nitrogens with two attached hydrogens (primary N) is 1. The number of nitrogen functional groups attached to an aromatic ring is 1. The third kappa shape index (κ3) is 2.06. The van der Waals surface area contributed by atoms with E-state index in [9.17, 15) is 0 Å². The van der Waals surface area contributed by atoms with Gasteiger partial charge in [0.25, 0.3) is 0 Å². The minimum atomic E-state index is 0.658. The molecule has 1 aromatic heterocycles. The van der Waals surface area contributed by atoms with Gasteiger partial charge < -0.3 is 5.73 Å². The molecular weight excluding hydrogens is 172 g/mol. The first-order valence-electron chi connectivity index (χ1n) is 5.50. The van der Waals surface area contributed by atoms with Gasteiger partial charge in [0.05, 0.1) is 0 Å². The number of aryl methyl sites for hydroxylation is 1. The number of pyridine rings is 1. The highest BCUT2D eigenvalue weighted by molar-refractivity contribution is 5.40. The van der Waals surface area contributed by atoms with Crippen LogP contribution in [0.15, 0.2) is 12.1 Å². The third-order valence-electron chi connectivity index (χ3n) is 3.02. The Balaban J connectivity index is 2.21. The summed E-state index contributed by atoms with van der Waals surface area (Å²) in [7, 11) is 0. The molecule has 0 unspecified atom stereocenters. The molecule has 1 fully saturated rings. The van der Waals surface area contributed by atoms with E-state index in [1.165, 1.54) is 37.8 Å². The Morgan fingerprint density at radius 2 is 1.93 bits per heavy atom. The predicted octanol–water partition coefficient (Wildman–Crippen LogP) is 3.02. The highest BCUT2D eigenvalue weighted by Crippen LogP contribution is 2.32. The van der Waals surface area contributed by atoms with Crippen LogP contribution in [0.5, 0.6) is 0 Å². The largest absolute Gasteiger partial charge is 0.399 e. The normalized spacial score (nSPS) is 18.4. The van der Waals surface area contributed by atoms with Crippen LogP contribution in [0.4, 0.5) is 5.69 Å². The predicted molar refractivity (Wildman–Crippen MR) is 59.2 cm³/mol. The summed E-state index contributed by atoms with van der Waals surface area (Å²) in [6, 6.07) is 3.98. The molecule has 0 amide bonds. The summed E-state index contributed by atoms with van der Waals surface area (Å²) in [6.07, 6.45) is 6.66. The van der Waals surface area contributed by atoms with Crippen molar-refractivity contribution in [2.24, 2.45) is 0 Å². The van der Waals surface area contributed by atoms with Crippen molar-refractivity contribution in [2.45, 2.75) is 44.9 Å². The molecule has 2 heteroatoms. The van der Waals surface area contributed by atoms with Gasteiger partial charge in [-0.2, -0.15) is 0 Å². The summed E-state index contributed by atoms with van der Waals surface area (Å²) in [4.78, 5) is 4.58. The van der Waals surface area contributed by atoms with Gasteiger partial charge in [-0.25, -0.2) is 0 Å². The first-order chi connectivity index (χ1) is 6.75. The lowest BCUT2D eigenvalue weighted by Gasteiger charge is -2.21. The Labute approximate surface area is 85.5 Å². The van der Waals surface area contributed by atoms with Crippen molar-refractivity contribution in [3.8, 4) is 0 Å². The molecule has 0 atom stereocenters. The first-order valence-corrected chi connectivity index (χ1v) is 5.50. The highest BCUT2D eigenvalue weighted by Gasteiger charge is 2.16. The van der Waals surface area contributed by atoms with Gasteiger partial charge in [0, 0.05) is 23.0 Å². The molecule has 2 nitrogen and oxygen atoms in total. The van der Waals surface area contributed by atoms with Crippen molar-refractivity contribution in [1.82, 2.24) is 4.98 Å². The van der Waals surface area contributed by atoms with E-state index < -0.39 is 0 Å². The molecule has 76 valence electrons. The summed E-state index contributed by atoms with van der Waals surface area (Å²) in [5.74, 6) is 0.658. The van der Waals surface area contributed by atoms with Crippen LogP contribution in [0, 0.1) is 6.92 Å². The molecule has 1 aromatic rings. The van der Waals surface area contributed by atoms with Crippen molar-refractivity contribution in [3.05, 3.63) is 23.5 Å². The molecular formula is C12H18N2. The monoisotopic (exact) mass is 190 g/mol. The zero-order valence-corrected chi connectivity index (χ0v) is 8.79.